The minimum atomic E-state index is -3.30. The zero-order valence-corrected chi connectivity index (χ0v) is 14.1. The van der Waals surface area contributed by atoms with Crippen LogP contribution in [0.4, 0.5) is 0 Å². The Kier molecular flexibility index (Phi) is 3.77. The van der Waals surface area contributed by atoms with Crippen LogP contribution < -0.4 is 4.72 Å². The molecule has 1 unspecified atom stereocenters. The summed E-state index contributed by atoms with van der Waals surface area (Å²) in [6, 6.07) is 1.52. The summed E-state index contributed by atoms with van der Waals surface area (Å²) < 4.78 is 29.3. The summed E-state index contributed by atoms with van der Waals surface area (Å²) in [4.78, 5) is 0. The summed E-state index contributed by atoms with van der Waals surface area (Å²) in [5, 5.41) is 14.4. The van der Waals surface area contributed by atoms with Crippen LogP contribution in [0.5, 0.6) is 0 Å². The molecule has 7 heteroatoms. The number of aromatic nitrogens is 2. The lowest BCUT2D eigenvalue weighted by atomic mass is 9.73. The molecule has 6 nitrogen and oxygen atoms in total. The van der Waals surface area contributed by atoms with Crippen molar-refractivity contribution in [2.24, 2.45) is 17.3 Å². The van der Waals surface area contributed by atoms with Gasteiger partial charge in [0.15, 0.2) is 0 Å². The van der Waals surface area contributed by atoms with E-state index in [9.17, 15) is 13.5 Å². The fourth-order valence-electron chi connectivity index (χ4n) is 4.52. The molecule has 128 valence electrons. The van der Waals surface area contributed by atoms with Crippen LogP contribution in [-0.2, 0) is 16.6 Å². The first-order valence-electron chi connectivity index (χ1n) is 8.59. The third-order valence-corrected chi connectivity index (χ3v) is 7.39. The van der Waals surface area contributed by atoms with E-state index in [2.05, 4.69) is 9.82 Å². The predicted octanol–water partition coefficient (Wildman–Crippen LogP) is 1.13. The molecule has 3 saturated carbocycles. The third kappa shape index (κ3) is 3.46. The second-order valence-electron chi connectivity index (χ2n) is 7.91. The van der Waals surface area contributed by atoms with Gasteiger partial charge >= 0.3 is 0 Å². The second kappa shape index (κ2) is 5.57. The number of aliphatic hydroxyl groups excluding tert-OH is 1. The molecule has 1 aromatic rings. The maximum atomic E-state index is 12.4. The Morgan fingerprint density at radius 1 is 1.26 bits per heavy atom. The topological polar surface area (TPSA) is 84.2 Å². The van der Waals surface area contributed by atoms with Gasteiger partial charge in [-0.25, -0.2) is 13.1 Å². The molecule has 0 bridgehead atoms. The molecule has 1 heterocycles. The normalized spacial score (nSPS) is 33.0. The largest absolute Gasteiger partial charge is 0.391 e. The van der Waals surface area contributed by atoms with E-state index in [4.69, 9.17) is 0 Å². The van der Waals surface area contributed by atoms with E-state index >= 15 is 0 Å². The highest BCUT2D eigenvalue weighted by atomic mass is 32.2. The second-order valence-corrected chi connectivity index (χ2v) is 9.71. The molecule has 3 fully saturated rings. The number of nitrogens with zero attached hydrogens (tertiary/aromatic N) is 2. The minimum Gasteiger partial charge on any atom is -0.391 e. The fraction of sp³-hybridized carbons (Fsp3) is 0.812. The molecule has 23 heavy (non-hydrogen) atoms. The Balaban J connectivity index is 1.29. The van der Waals surface area contributed by atoms with Gasteiger partial charge in [0.1, 0.15) is 0 Å². The van der Waals surface area contributed by atoms with Gasteiger partial charge in [-0.2, -0.15) is 5.10 Å². The summed E-state index contributed by atoms with van der Waals surface area (Å²) >= 11 is 0. The van der Waals surface area contributed by atoms with E-state index in [1.165, 1.54) is 12.8 Å². The number of hydrogen-bond donors (Lipinski definition) is 2. The van der Waals surface area contributed by atoms with Crippen molar-refractivity contribution in [2.45, 2.75) is 57.2 Å². The molecule has 0 saturated heterocycles. The zero-order valence-electron chi connectivity index (χ0n) is 13.3. The molecule has 3 aliphatic carbocycles. The molecule has 1 spiro atoms. The molecule has 1 aromatic heterocycles. The summed E-state index contributed by atoms with van der Waals surface area (Å²) in [6.45, 7) is 0.730. The number of sulfonamides is 1. The van der Waals surface area contributed by atoms with E-state index < -0.39 is 16.1 Å². The number of rotatable bonds is 6. The van der Waals surface area contributed by atoms with Crippen LogP contribution in [0.2, 0.25) is 0 Å². The quantitative estimate of drug-likeness (QED) is 0.814. The van der Waals surface area contributed by atoms with Gasteiger partial charge < -0.3 is 5.11 Å². The molecular weight excluding hydrogens is 314 g/mol. The zero-order chi connectivity index (χ0) is 16.1. The van der Waals surface area contributed by atoms with E-state index in [0.29, 0.717) is 24.2 Å². The Morgan fingerprint density at radius 2 is 2.04 bits per heavy atom. The molecule has 0 aliphatic heterocycles. The number of hydrogen-bond acceptors (Lipinski definition) is 4. The third-order valence-electron chi connectivity index (χ3n) is 5.82. The van der Waals surface area contributed by atoms with Crippen molar-refractivity contribution >= 4 is 10.0 Å². The molecule has 2 N–H and O–H groups in total. The van der Waals surface area contributed by atoms with Gasteiger partial charge in [0, 0.05) is 25.0 Å². The Morgan fingerprint density at radius 3 is 2.70 bits per heavy atom. The molecule has 3 aliphatic rings. The van der Waals surface area contributed by atoms with Crippen LogP contribution in [0.3, 0.4) is 0 Å². The van der Waals surface area contributed by atoms with Gasteiger partial charge in [-0.1, -0.05) is 0 Å². The predicted molar refractivity (Wildman–Crippen MR) is 86.1 cm³/mol. The smallest absolute Gasteiger partial charge is 0.212 e. The van der Waals surface area contributed by atoms with E-state index in [1.807, 2.05) is 16.9 Å². The van der Waals surface area contributed by atoms with Gasteiger partial charge in [0.2, 0.25) is 10.0 Å². The van der Waals surface area contributed by atoms with Crippen molar-refractivity contribution in [2.75, 3.05) is 5.75 Å². The summed E-state index contributed by atoms with van der Waals surface area (Å²) in [5.41, 5.74) is 0.530. The van der Waals surface area contributed by atoms with Gasteiger partial charge in [0.05, 0.1) is 11.9 Å². The number of nitrogens with one attached hydrogen (secondary N) is 1. The summed E-state index contributed by atoms with van der Waals surface area (Å²) in [5.74, 6) is 0.798. The lowest BCUT2D eigenvalue weighted by molar-refractivity contribution is 0.153. The van der Waals surface area contributed by atoms with Crippen molar-refractivity contribution in [1.29, 1.82) is 0 Å². The van der Waals surface area contributed by atoms with E-state index in [0.717, 1.165) is 19.4 Å². The van der Waals surface area contributed by atoms with E-state index in [-0.39, 0.29) is 17.7 Å². The van der Waals surface area contributed by atoms with Crippen LogP contribution in [0, 0.1) is 17.3 Å². The Labute approximate surface area is 137 Å². The lowest BCUT2D eigenvalue weighted by Gasteiger charge is -2.35. The van der Waals surface area contributed by atoms with Gasteiger partial charge in [0.25, 0.3) is 0 Å². The molecule has 0 amide bonds. The van der Waals surface area contributed by atoms with Crippen molar-refractivity contribution in [3.63, 3.8) is 0 Å². The first-order valence-corrected chi connectivity index (χ1v) is 10.2. The SMILES string of the molecule is O=S(=O)(CC1CC2(CC2)C1)N[C@@H]1CC(Cn2cccn2)C[C@H]1O. The van der Waals surface area contributed by atoms with Gasteiger partial charge in [-0.3, -0.25) is 4.68 Å². The highest BCUT2D eigenvalue weighted by Gasteiger charge is 2.53. The van der Waals surface area contributed by atoms with Crippen molar-refractivity contribution in [3.8, 4) is 0 Å². The van der Waals surface area contributed by atoms with Crippen LogP contribution in [0.1, 0.15) is 38.5 Å². The maximum absolute atomic E-state index is 12.4. The average Bonchev–Trinajstić information content (AvgIpc) is 2.91. The van der Waals surface area contributed by atoms with E-state index in [1.54, 1.807) is 6.20 Å². The van der Waals surface area contributed by atoms with Crippen LogP contribution in [0.25, 0.3) is 0 Å². The standard InChI is InChI=1S/C16H25N3O3S/c20-15-7-12(10-19-5-1-4-17-19)6-14(15)18-23(21,22)11-13-8-16(9-13)2-3-16/h1,4-5,12-15,18,20H,2-3,6-11H2/t12?,14-,15-/m1/s1. The summed E-state index contributed by atoms with van der Waals surface area (Å²) in [6.07, 6.45) is 9.05. The Hall–Kier alpha value is -0.920. The maximum Gasteiger partial charge on any atom is 0.212 e. The molecule has 0 aromatic carbocycles. The molecule has 3 atom stereocenters. The van der Waals surface area contributed by atoms with Crippen LogP contribution in [0.15, 0.2) is 18.5 Å². The monoisotopic (exact) mass is 339 g/mol. The van der Waals surface area contributed by atoms with Crippen LogP contribution >= 0.6 is 0 Å². The first-order chi connectivity index (χ1) is 10.9. The Bertz CT molecular complexity index is 646. The van der Waals surface area contributed by atoms with Gasteiger partial charge in [-0.05, 0) is 61.8 Å². The van der Waals surface area contributed by atoms with Crippen LogP contribution in [-0.4, -0.2) is 41.2 Å². The molecule has 4 rings (SSSR count). The van der Waals surface area contributed by atoms with Crippen molar-refractivity contribution in [1.82, 2.24) is 14.5 Å². The fourth-order valence-corrected chi connectivity index (χ4v) is 6.19. The van der Waals surface area contributed by atoms with Crippen molar-refractivity contribution < 1.29 is 13.5 Å². The van der Waals surface area contributed by atoms with Gasteiger partial charge in [-0.15, -0.1) is 0 Å². The summed E-state index contributed by atoms with van der Waals surface area (Å²) in [7, 11) is -3.30. The minimum absolute atomic E-state index is 0.224. The lowest BCUT2D eigenvalue weighted by Crippen LogP contribution is -2.44. The first kappa shape index (κ1) is 15.6. The molecule has 0 radical (unpaired) electrons. The van der Waals surface area contributed by atoms with Crippen molar-refractivity contribution in [3.05, 3.63) is 18.5 Å². The average molecular weight is 339 g/mol. The molecular formula is C16H25N3O3S. The number of aliphatic hydroxyl groups is 1. The highest BCUT2D eigenvalue weighted by Crippen LogP contribution is 2.63. The highest BCUT2D eigenvalue weighted by molar-refractivity contribution is 7.89.